The van der Waals surface area contributed by atoms with Gasteiger partial charge in [-0.2, -0.15) is 0 Å². The Kier molecular flexibility index (Phi) is 6.40. The van der Waals surface area contributed by atoms with E-state index in [-0.39, 0.29) is 0 Å². The van der Waals surface area contributed by atoms with Gasteiger partial charge in [-0.15, -0.1) is 0 Å². The van der Waals surface area contributed by atoms with E-state index in [1.165, 1.54) is 32.2 Å². The maximum absolute atomic E-state index is 3.66. The molecule has 0 aliphatic carbocycles. The Morgan fingerprint density at radius 2 is 1.77 bits per heavy atom. The number of rotatable bonds is 2. The van der Waals surface area contributed by atoms with Crippen molar-refractivity contribution in [3.63, 3.8) is 0 Å². The molecule has 0 unspecified atom stereocenters. The van der Waals surface area contributed by atoms with Crippen LogP contribution in [0.2, 0.25) is 0 Å². The minimum Gasteiger partial charge on any atom is -0.311 e. The van der Waals surface area contributed by atoms with Crippen LogP contribution in [-0.4, -0.2) is 12.1 Å². The molecule has 0 aromatic rings. The Hall–Kier alpha value is -0.0400. The molecule has 1 saturated heterocycles. The number of piperidine rings is 1. The van der Waals surface area contributed by atoms with Crippen LogP contribution in [0.4, 0.5) is 0 Å². The van der Waals surface area contributed by atoms with Crippen molar-refractivity contribution in [1.29, 1.82) is 0 Å². The van der Waals surface area contributed by atoms with E-state index in [4.69, 9.17) is 0 Å². The van der Waals surface area contributed by atoms with Crippen molar-refractivity contribution < 1.29 is 0 Å². The molecule has 0 spiro atoms. The van der Waals surface area contributed by atoms with Gasteiger partial charge in [0.1, 0.15) is 0 Å². The molecule has 80 valence electrons. The quantitative estimate of drug-likeness (QED) is 0.693. The minimum absolute atomic E-state index is 0.484. The third-order valence-corrected chi connectivity index (χ3v) is 3.23. The van der Waals surface area contributed by atoms with Crippen LogP contribution in [0.3, 0.4) is 0 Å². The molecule has 0 saturated carbocycles. The molecule has 0 amide bonds. The normalized spacial score (nSPS) is 26.1. The molecule has 1 fully saturated rings. The van der Waals surface area contributed by atoms with Gasteiger partial charge in [-0.05, 0) is 38.1 Å². The van der Waals surface area contributed by atoms with Gasteiger partial charge in [-0.3, -0.25) is 0 Å². The highest BCUT2D eigenvalue weighted by molar-refractivity contribution is 4.90. The molecule has 1 nitrogen and oxygen atoms in total. The average Bonchev–Trinajstić information content (AvgIpc) is 2.21. The Labute approximate surface area is 84.3 Å². The van der Waals surface area contributed by atoms with Crippen LogP contribution < -0.4 is 5.32 Å². The Morgan fingerprint density at radius 3 is 2.08 bits per heavy atom. The van der Waals surface area contributed by atoms with Gasteiger partial charge in [0, 0.05) is 5.54 Å². The van der Waals surface area contributed by atoms with Crippen molar-refractivity contribution in [1.82, 2.24) is 5.32 Å². The Morgan fingerprint density at radius 1 is 1.23 bits per heavy atom. The first-order valence-electron chi connectivity index (χ1n) is 5.97. The largest absolute Gasteiger partial charge is 0.311 e. The van der Waals surface area contributed by atoms with Crippen molar-refractivity contribution in [2.45, 2.75) is 65.8 Å². The summed E-state index contributed by atoms with van der Waals surface area (Å²) in [7, 11) is 0. The van der Waals surface area contributed by atoms with Crippen LogP contribution in [-0.2, 0) is 0 Å². The summed E-state index contributed by atoms with van der Waals surface area (Å²) in [5, 5.41) is 3.66. The van der Waals surface area contributed by atoms with Gasteiger partial charge >= 0.3 is 0 Å². The van der Waals surface area contributed by atoms with Crippen LogP contribution in [0.25, 0.3) is 0 Å². The third kappa shape index (κ3) is 3.68. The molecular weight excluding hydrogens is 158 g/mol. The highest BCUT2D eigenvalue weighted by atomic mass is 15.0. The number of hydrogen-bond acceptors (Lipinski definition) is 1. The molecule has 1 heteroatoms. The summed E-state index contributed by atoms with van der Waals surface area (Å²) >= 11 is 0. The predicted octanol–water partition coefficient (Wildman–Crippen LogP) is 3.59. The number of nitrogens with one attached hydrogen (secondary N) is 1. The van der Waals surface area contributed by atoms with E-state index in [2.05, 4.69) is 26.1 Å². The van der Waals surface area contributed by atoms with E-state index in [1.54, 1.807) is 0 Å². The third-order valence-electron chi connectivity index (χ3n) is 3.23. The first kappa shape index (κ1) is 13.0. The van der Waals surface area contributed by atoms with Crippen molar-refractivity contribution in [2.75, 3.05) is 6.54 Å². The van der Waals surface area contributed by atoms with Crippen LogP contribution in [0.15, 0.2) is 0 Å². The van der Waals surface area contributed by atoms with Gasteiger partial charge in [0.15, 0.2) is 0 Å². The molecular formula is C12H27N. The number of hydrogen-bond donors (Lipinski definition) is 1. The molecule has 0 bridgehead atoms. The topological polar surface area (TPSA) is 12.0 Å². The van der Waals surface area contributed by atoms with Crippen LogP contribution in [0.1, 0.15) is 60.3 Å². The molecule has 0 aromatic heterocycles. The maximum atomic E-state index is 3.66. The molecule has 1 N–H and O–H groups in total. The van der Waals surface area contributed by atoms with E-state index in [1.807, 2.05) is 13.8 Å². The zero-order chi connectivity index (χ0) is 10.3. The summed E-state index contributed by atoms with van der Waals surface area (Å²) in [5.41, 5.74) is 0.484. The first-order chi connectivity index (χ1) is 6.22. The van der Waals surface area contributed by atoms with Crippen molar-refractivity contribution >= 4 is 0 Å². The lowest BCUT2D eigenvalue weighted by molar-refractivity contribution is 0.191. The van der Waals surface area contributed by atoms with Gasteiger partial charge in [0.25, 0.3) is 0 Å². The molecule has 1 rings (SSSR count). The average molecular weight is 185 g/mol. The van der Waals surface area contributed by atoms with Crippen molar-refractivity contribution in [2.24, 2.45) is 5.92 Å². The smallest absolute Gasteiger partial charge is 0.0178 e. The van der Waals surface area contributed by atoms with E-state index < -0.39 is 0 Å². The van der Waals surface area contributed by atoms with Gasteiger partial charge in [-0.1, -0.05) is 34.6 Å². The predicted molar refractivity (Wildman–Crippen MR) is 61.1 cm³/mol. The van der Waals surface area contributed by atoms with Crippen molar-refractivity contribution in [3.8, 4) is 0 Å². The SMILES string of the molecule is CC.CCC1(CC)C[C@@H](C)CCN1. The summed E-state index contributed by atoms with van der Waals surface area (Å²) in [6.07, 6.45) is 5.31. The second-order valence-electron chi connectivity index (χ2n) is 4.01. The zero-order valence-corrected chi connectivity index (χ0v) is 10.1. The Bertz CT molecular complexity index is 116. The lowest BCUT2D eigenvalue weighted by Gasteiger charge is -2.40. The molecule has 1 atom stereocenters. The molecule has 1 aliphatic heterocycles. The first-order valence-corrected chi connectivity index (χ1v) is 5.97. The molecule has 0 radical (unpaired) electrons. The highest BCUT2D eigenvalue weighted by Crippen LogP contribution is 2.29. The fourth-order valence-electron chi connectivity index (χ4n) is 2.21. The molecule has 13 heavy (non-hydrogen) atoms. The lowest BCUT2D eigenvalue weighted by Crippen LogP contribution is -2.49. The molecule has 1 aliphatic rings. The van der Waals surface area contributed by atoms with Crippen LogP contribution >= 0.6 is 0 Å². The molecule has 1 heterocycles. The fraction of sp³-hybridized carbons (Fsp3) is 1.00. The van der Waals surface area contributed by atoms with E-state index in [9.17, 15) is 0 Å². The van der Waals surface area contributed by atoms with Crippen molar-refractivity contribution in [3.05, 3.63) is 0 Å². The zero-order valence-electron chi connectivity index (χ0n) is 10.1. The van der Waals surface area contributed by atoms with Crippen LogP contribution in [0.5, 0.6) is 0 Å². The highest BCUT2D eigenvalue weighted by Gasteiger charge is 2.30. The van der Waals surface area contributed by atoms with Gasteiger partial charge in [0.05, 0.1) is 0 Å². The second-order valence-corrected chi connectivity index (χ2v) is 4.01. The summed E-state index contributed by atoms with van der Waals surface area (Å²) in [5.74, 6) is 0.927. The van der Waals surface area contributed by atoms with E-state index in [0.29, 0.717) is 5.54 Å². The second kappa shape index (κ2) is 6.42. The summed E-state index contributed by atoms with van der Waals surface area (Å²) in [6, 6.07) is 0. The monoisotopic (exact) mass is 185 g/mol. The molecule has 0 aromatic carbocycles. The maximum Gasteiger partial charge on any atom is 0.0178 e. The van der Waals surface area contributed by atoms with E-state index in [0.717, 1.165) is 5.92 Å². The lowest BCUT2D eigenvalue weighted by atomic mass is 9.79. The standard InChI is InChI=1S/C10H21N.C2H6/c1-4-10(5-2)8-9(3)6-7-11-10;1-2/h9,11H,4-8H2,1-3H3;1-2H3/t9-;/m0./s1. The summed E-state index contributed by atoms with van der Waals surface area (Å²) < 4.78 is 0. The van der Waals surface area contributed by atoms with Crippen LogP contribution in [0, 0.1) is 5.92 Å². The fourth-order valence-corrected chi connectivity index (χ4v) is 2.21. The van der Waals surface area contributed by atoms with Gasteiger partial charge < -0.3 is 5.32 Å². The van der Waals surface area contributed by atoms with Gasteiger partial charge in [-0.25, -0.2) is 0 Å². The summed E-state index contributed by atoms with van der Waals surface area (Å²) in [4.78, 5) is 0. The van der Waals surface area contributed by atoms with E-state index >= 15 is 0 Å². The summed E-state index contributed by atoms with van der Waals surface area (Å²) in [6.45, 7) is 12.2. The minimum atomic E-state index is 0.484. The Balaban J connectivity index is 0.000000671. The van der Waals surface area contributed by atoms with Gasteiger partial charge in [0.2, 0.25) is 0 Å².